The van der Waals surface area contributed by atoms with Crippen molar-refractivity contribution in [3.05, 3.63) is 64.2 Å². The Labute approximate surface area is 197 Å². The van der Waals surface area contributed by atoms with Crippen LogP contribution in [0, 0.1) is 5.82 Å². The summed E-state index contributed by atoms with van der Waals surface area (Å²) in [7, 11) is 0. The molecule has 2 aromatic carbocycles. The van der Waals surface area contributed by atoms with Crippen LogP contribution < -0.4 is 9.47 Å². The molecule has 1 amide bonds. The first-order chi connectivity index (χ1) is 16.1. The highest BCUT2D eigenvalue weighted by molar-refractivity contribution is 7.09. The fraction of sp³-hybridized carbons (Fsp3) is 0.360. The summed E-state index contributed by atoms with van der Waals surface area (Å²) in [5.74, 6) is 1.02. The van der Waals surface area contributed by atoms with E-state index < -0.39 is 0 Å². The van der Waals surface area contributed by atoms with Crippen LogP contribution in [0.3, 0.4) is 0 Å². The summed E-state index contributed by atoms with van der Waals surface area (Å²) in [5.41, 5.74) is 2.39. The van der Waals surface area contributed by atoms with Crippen molar-refractivity contribution in [1.82, 2.24) is 14.8 Å². The summed E-state index contributed by atoms with van der Waals surface area (Å²) < 4.78 is 24.4. The fourth-order valence-electron chi connectivity index (χ4n) is 3.80. The van der Waals surface area contributed by atoms with Gasteiger partial charge in [-0.15, -0.1) is 11.3 Å². The van der Waals surface area contributed by atoms with Gasteiger partial charge in [0.25, 0.3) is 5.91 Å². The fourth-order valence-corrected chi connectivity index (χ4v) is 4.65. The predicted molar refractivity (Wildman–Crippen MR) is 127 cm³/mol. The van der Waals surface area contributed by atoms with Gasteiger partial charge in [-0.25, -0.2) is 9.37 Å². The molecule has 1 fully saturated rings. The van der Waals surface area contributed by atoms with Crippen molar-refractivity contribution in [2.24, 2.45) is 0 Å². The van der Waals surface area contributed by atoms with Crippen molar-refractivity contribution in [1.29, 1.82) is 0 Å². The zero-order valence-electron chi connectivity index (χ0n) is 18.9. The van der Waals surface area contributed by atoms with E-state index in [2.05, 4.69) is 4.90 Å². The first-order valence-electron chi connectivity index (χ1n) is 11.2. The van der Waals surface area contributed by atoms with Gasteiger partial charge in [-0.1, -0.05) is 0 Å². The Morgan fingerprint density at radius 2 is 1.70 bits per heavy atom. The van der Waals surface area contributed by atoms with E-state index in [9.17, 15) is 9.18 Å². The number of benzene rings is 2. The second kappa shape index (κ2) is 10.8. The third kappa shape index (κ3) is 5.69. The van der Waals surface area contributed by atoms with Crippen LogP contribution in [0.1, 0.15) is 29.2 Å². The average Bonchev–Trinajstić information content (AvgIpc) is 3.29. The molecule has 174 valence electrons. The third-order valence-electron chi connectivity index (χ3n) is 5.50. The lowest BCUT2D eigenvalue weighted by atomic mass is 10.1. The minimum absolute atomic E-state index is 0.00602. The normalized spacial score (nSPS) is 14.3. The van der Waals surface area contributed by atoms with Gasteiger partial charge in [0.05, 0.1) is 25.5 Å². The monoisotopic (exact) mass is 469 g/mol. The van der Waals surface area contributed by atoms with Crippen molar-refractivity contribution >= 4 is 17.2 Å². The topological polar surface area (TPSA) is 54.9 Å². The molecule has 3 aromatic rings. The standard InChI is InChI=1S/C25H28FN3O3S/c1-3-31-22-10-7-19(15-23(22)32-4-2)25(30)29-13-11-28(12-14-29)16-24-27-21(17-33-24)18-5-8-20(26)9-6-18/h5-10,15,17H,3-4,11-14,16H2,1-2H3. The molecule has 1 saturated heterocycles. The van der Waals surface area contributed by atoms with E-state index in [1.54, 1.807) is 41.7 Å². The van der Waals surface area contributed by atoms with E-state index in [-0.39, 0.29) is 11.7 Å². The molecule has 0 bridgehead atoms. The molecular weight excluding hydrogens is 441 g/mol. The van der Waals surface area contributed by atoms with Gasteiger partial charge in [-0.3, -0.25) is 9.69 Å². The van der Waals surface area contributed by atoms with Gasteiger partial charge in [0, 0.05) is 42.7 Å². The number of ether oxygens (including phenoxy) is 2. The molecule has 0 aliphatic carbocycles. The molecule has 1 aliphatic rings. The highest BCUT2D eigenvalue weighted by Gasteiger charge is 2.24. The lowest BCUT2D eigenvalue weighted by molar-refractivity contribution is 0.0628. The number of aromatic nitrogens is 1. The van der Waals surface area contributed by atoms with E-state index in [0.29, 0.717) is 43.4 Å². The van der Waals surface area contributed by atoms with Crippen LogP contribution in [0.2, 0.25) is 0 Å². The Morgan fingerprint density at radius 3 is 2.39 bits per heavy atom. The minimum atomic E-state index is -0.249. The molecule has 1 aromatic heterocycles. The number of amides is 1. The number of piperazine rings is 1. The number of hydrogen-bond acceptors (Lipinski definition) is 6. The average molecular weight is 470 g/mol. The number of thiazole rings is 1. The Hall–Kier alpha value is -2.97. The Morgan fingerprint density at radius 1 is 1.00 bits per heavy atom. The highest BCUT2D eigenvalue weighted by Crippen LogP contribution is 2.29. The van der Waals surface area contributed by atoms with Crippen molar-refractivity contribution in [3.8, 4) is 22.8 Å². The van der Waals surface area contributed by atoms with Crippen LogP contribution in [-0.2, 0) is 6.54 Å². The summed E-state index contributed by atoms with van der Waals surface area (Å²) in [6.45, 7) is 8.51. The molecule has 0 unspecified atom stereocenters. The van der Waals surface area contributed by atoms with Crippen LogP contribution in [0.15, 0.2) is 47.8 Å². The highest BCUT2D eigenvalue weighted by atomic mass is 32.1. The lowest BCUT2D eigenvalue weighted by Gasteiger charge is -2.34. The van der Waals surface area contributed by atoms with E-state index in [1.807, 2.05) is 24.1 Å². The van der Waals surface area contributed by atoms with Crippen molar-refractivity contribution in [2.45, 2.75) is 20.4 Å². The Balaban J connectivity index is 1.34. The Bertz CT molecular complexity index is 1080. The second-order valence-corrected chi connectivity index (χ2v) is 8.67. The lowest BCUT2D eigenvalue weighted by Crippen LogP contribution is -2.48. The van der Waals surface area contributed by atoms with Gasteiger partial charge in [-0.05, 0) is 56.3 Å². The SMILES string of the molecule is CCOc1ccc(C(=O)N2CCN(Cc3nc(-c4ccc(F)cc4)cs3)CC2)cc1OCC. The maximum Gasteiger partial charge on any atom is 0.254 e. The summed E-state index contributed by atoms with van der Waals surface area (Å²) in [6, 6.07) is 11.8. The molecule has 8 heteroatoms. The molecule has 0 radical (unpaired) electrons. The molecule has 2 heterocycles. The van der Waals surface area contributed by atoms with E-state index in [4.69, 9.17) is 14.5 Å². The number of carbonyl (C=O) groups excluding carboxylic acids is 1. The van der Waals surface area contributed by atoms with Crippen molar-refractivity contribution in [2.75, 3.05) is 39.4 Å². The Kier molecular flexibility index (Phi) is 7.57. The molecule has 1 aliphatic heterocycles. The van der Waals surface area contributed by atoms with E-state index in [0.717, 1.165) is 35.9 Å². The molecule has 0 saturated carbocycles. The second-order valence-electron chi connectivity index (χ2n) is 7.73. The first-order valence-corrected chi connectivity index (χ1v) is 12.1. The molecule has 33 heavy (non-hydrogen) atoms. The van der Waals surface area contributed by atoms with Gasteiger partial charge < -0.3 is 14.4 Å². The number of carbonyl (C=O) groups is 1. The van der Waals surface area contributed by atoms with Crippen LogP contribution in [0.4, 0.5) is 4.39 Å². The summed E-state index contributed by atoms with van der Waals surface area (Å²) >= 11 is 1.60. The molecular formula is C25H28FN3O3S. The quantitative estimate of drug-likeness (QED) is 0.479. The van der Waals surface area contributed by atoms with Crippen molar-refractivity contribution in [3.63, 3.8) is 0 Å². The largest absolute Gasteiger partial charge is 0.490 e. The summed E-state index contributed by atoms with van der Waals surface area (Å²) in [6.07, 6.45) is 0. The number of halogens is 1. The predicted octanol–water partition coefficient (Wildman–Crippen LogP) is 4.70. The molecule has 6 nitrogen and oxygen atoms in total. The van der Waals surface area contributed by atoms with Crippen LogP contribution in [0.25, 0.3) is 11.3 Å². The van der Waals surface area contributed by atoms with Gasteiger partial charge in [-0.2, -0.15) is 0 Å². The maximum absolute atomic E-state index is 13.2. The van der Waals surface area contributed by atoms with Crippen LogP contribution in [0.5, 0.6) is 11.5 Å². The maximum atomic E-state index is 13.2. The van der Waals surface area contributed by atoms with Gasteiger partial charge in [0.15, 0.2) is 11.5 Å². The van der Waals surface area contributed by atoms with Gasteiger partial charge in [0.2, 0.25) is 0 Å². The van der Waals surface area contributed by atoms with Gasteiger partial charge >= 0.3 is 0 Å². The third-order valence-corrected chi connectivity index (χ3v) is 6.33. The van der Waals surface area contributed by atoms with Gasteiger partial charge in [0.1, 0.15) is 10.8 Å². The van der Waals surface area contributed by atoms with E-state index in [1.165, 1.54) is 12.1 Å². The molecule has 0 spiro atoms. The minimum Gasteiger partial charge on any atom is -0.490 e. The number of rotatable bonds is 8. The number of nitrogens with zero attached hydrogens (tertiary/aromatic N) is 3. The zero-order valence-corrected chi connectivity index (χ0v) is 19.7. The van der Waals surface area contributed by atoms with Crippen LogP contribution in [-0.4, -0.2) is 60.1 Å². The zero-order chi connectivity index (χ0) is 23.2. The summed E-state index contributed by atoms with van der Waals surface area (Å²) in [4.78, 5) is 21.9. The number of hydrogen-bond donors (Lipinski definition) is 0. The van der Waals surface area contributed by atoms with Crippen LogP contribution >= 0.6 is 11.3 Å². The molecule has 4 rings (SSSR count). The smallest absolute Gasteiger partial charge is 0.254 e. The molecule has 0 atom stereocenters. The summed E-state index contributed by atoms with van der Waals surface area (Å²) in [5, 5.41) is 3.02. The molecule has 0 N–H and O–H groups in total. The van der Waals surface area contributed by atoms with Crippen molar-refractivity contribution < 1.29 is 18.7 Å². The first kappa shape index (κ1) is 23.2. The van der Waals surface area contributed by atoms with E-state index >= 15 is 0 Å².